The molecular weight excluding hydrogens is 395 g/mol. The molecule has 0 unspecified atom stereocenters. The van der Waals surface area contributed by atoms with Crippen molar-refractivity contribution in [3.63, 3.8) is 0 Å². The average Bonchev–Trinajstić information content (AvgIpc) is 3.17. The fourth-order valence-electron chi connectivity index (χ4n) is 2.57. The molecule has 0 saturated heterocycles. The van der Waals surface area contributed by atoms with E-state index < -0.39 is 5.82 Å². The average molecular weight is 415 g/mol. The van der Waals surface area contributed by atoms with Crippen LogP contribution in [0.15, 0.2) is 58.3 Å². The van der Waals surface area contributed by atoms with Gasteiger partial charge in [0.25, 0.3) is 0 Å². The third kappa shape index (κ3) is 5.50. The van der Waals surface area contributed by atoms with Crippen molar-refractivity contribution in [1.29, 1.82) is 0 Å². The van der Waals surface area contributed by atoms with Gasteiger partial charge in [-0.3, -0.25) is 9.59 Å². The Morgan fingerprint density at radius 2 is 1.96 bits per heavy atom. The molecule has 0 fully saturated rings. The Balaban J connectivity index is 1.57. The molecule has 1 amide bonds. The molecule has 3 rings (SSSR count). The summed E-state index contributed by atoms with van der Waals surface area (Å²) in [5.74, 6) is -0.524. The van der Waals surface area contributed by atoms with Crippen LogP contribution in [0, 0.1) is 5.82 Å². The minimum Gasteiger partial charge on any atom is -0.356 e. The lowest BCUT2D eigenvalue weighted by molar-refractivity contribution is -0.118. The van der Waals surface area contributed by atoms with Crippen molar-refractivity contribution in [3.05, 3.63) is 70.9 Å². The molecule has 0 aliphatic heterocycles. The summed E-state index contributed by atoms with van der Waals surface area (Å²) in [5, 5.41) is 4.59. The highest BCUT2D eigenvalue weighted by molar-refractivity contribution is 8.01. The molecule has 28 heavy (non-hydrogen) atoms. The SMILES string of the molecule is CC(=O)NCCc1ccc(C(=O)CSc2nc(-c3ccccc3)cs2)cc1F. The fourth-order valence-corrected chi connectivity index (χ4v) is 4.30. The Labute approximate surface area is 171 Å². The molecule has 144 valence electrons. The van der Waals surface area contributed by atoms with Crippen LogP contribution in [0.5, 0.6) is 0 Å². The van der Waals surface area contributed by atoms with Crippen molar-refractivity contribution in [2.75, 3.05) is 12.3 Å². The first-order valence-corrected chi connectivity index (χ1v) is 10.6. The molecule has 1 N–H and O–H groups in total. The summed E-state index contributed by atoms with van der Waals surface area (Å²) in [6.07, 6.45) is 0.385. The number of carbonyl (C=O) groups excluding carboxylic acids is 2. The number of rotatable bonds is 8. The minimum absolute atomic E-state index is 0.145. The van der Waals surface area contributed by atoms with Gasteiger partial charge in [-0.15, -0.1) is 11.3 Å². The van der Waals surface area contributed by atoms with Gasteiger partial charge in [0.2, 0.25) is 5.91 Å². The highest BCUT2D eigenvalue weighted by Crippen LogP contribution is 2.28. The second kappa shape index (κ2) is 9.61. The molecule has 0 saturated carbocycles. The number of thioether (sulfide) groups is 1. The Morgan fingerprint density at radius 1 is 1.18 bits per heavy atom. The predicted octanol–water partition coefficient (Wildman–Crippen LogP) is 4.60. The molecule has 1 heterocycles. The van der Waals surface area contributed by atoms with Crippen molar-refractivity contribution >= 4 is 34.8 Å². The fraction of sp³-hybridized carbons (Fsp3) is 0.190. The zero-order valence-corrected chi connectivity index (χ0v) is 16.9. The molecule has 0 spiro atoms. The van der Waals surface area contributed by atoms with Crippen molar-refractivity contribution in [2.45, 2.75) is 17.7 Å². The Kier molecular flexibility index (Phi) is 6.95. The lowest BCUT2D eigenvalue weighted by Gasteiger charge is -2.06. The van der Waals surface area contributed by atoms with E-state index in [1.165, 1.54) is 36.1 Å². The summed E-state index contributed by atoms with van der Waals surface area (Å²) in [6.45, 7) is 1.78. The highest BCUT2D eigenvalue weighted by atomic mass is 32.2. The molecule has 0 atom stereocenters. The van der Waals surface area contributed by atoms with Gasteiger partial charge in [0, 0.05) is 30.0 Å². The number of thiazole rings is 1. The van der Waals surface area contributed by atoms with Gasteiger partial charge in [0.15, 0.2) is 10.1 Å². The first-order chi connectivity index (χ1) is 13.5. The smallest absolute Gasteiger partial charge is 0.216 e. The molecule has 2 aromatic carbocycles. The van der Waals surface area contributed by atoms with Gasteiger partial charge in [0.05, 0.1) is 11.4 Å². The van der Waals surface area contributed by atoms with Gasteiger partial charge in [-0.05, 0) is 18.1 Å². The molecule has 4 nitrogen and oxygen atoms in total. The predicted molar refractivity (Wildman–Crippen MR) is 111 cm³/mol. The third-order valence-electron chi connectivity index (χ3n) is 4.02. The van der Waals surface area contributed by atoms with Crippen LogP contribution >= 0.6 is 23.1 Å². The van der Waals surface area contributed by atoms with E-state index in [4.69, 9.17) is 0 Å². The number of halogens is 1. The number of benzene rings is 2. The van der Waals surface area contributed by atoms with E-state index >= 15 is 0 Å². The summed E-state index contributed by atoms with van der Waals surface area (Å²) in [7, 11) is 0. The quantitative estimate of drug-likeness (QED) is 0.432. The zero-order valence-electron chi connectivity index (χ0n) is 15.3. The maximum atomic E-state index is 14.2. The second-order valence-electron chi connectivity index (χ2n) is 6.12. The molecule has 0 radical (unpaired) electrons. The van der Waals surface area contributed by atoms with E-state index in [0.717, 1.165) is 15.6 Å². The van der Waals surface area contributed by atoms with Crippen LogP contribution in [0.2, 0.25) is 0 Å². The first-order valence-electron chi connectivity index (χ1n) is 8.73. The summed E-state index contributed by atoms with van der Waals surface area (Å²) in [5.41, 5.74) is 2.74. The van der Waals surface area contributed by atoms with Crippen LogP contribution in [-0.2, 0) is 11.2 Å². The van der Waals surface area contributed by atoms with E-state index in [2.05, 4.69) is 10.3 Å². The van der Waals surface area contributed by atoms with Gasteiger partial charge in [0.1, 0.15) is 5.82 Å². The largest absolute Gasteiger partial charge is 0.356 e. The van der Waals surface area contributed by atoms with Crippen LogP contribution in [0.3, 0.4) is 0 Å². The summed E-state index contributed by atoms with van der Waals surface area (Å²) in [6, 6.07) is 14.4. The Hall–Kier alpha value is -2.51. The Bertz CT molecular complexity index is 974. The van der Waals surface area contributed by atoms with Gasteiger partial charge >= 0.3 is 0 Å². The molecule has 7 heteroatoms. The molecule has 1 aromatic heterocycles. The van der Waals surface area contributed by atoms with Crippen molar-refractivity contribution in [2.24, 2.45) is 0 Å². The Morgan fingerprint density at radius 3 is 2.68 bits per heavy atom. The van der Waals surface area contributed by atoms with Crippen LogP contribution in [0.1, 0.15) is 22.8 Å². The zero-order chi connectivity index (χ0) is 19.9. The number of Topliss-reactive ketones (excluding diaryl/α,β-unsaturated/α-hetero) is 1. The first kappa shape index (κ1) is 20.2. The number of hydrogen-bond donors (Lipinski definition) is 1. The third-order valence-corrected chi connectivity index (χ3v) is 6.04. The van der Waals surface area contributed by atoms with Gasteiger partial charge in [-0.1, -0.05) is 54.2 Å². The van der Waals surface area contributed by atoms with Gasteiger partial charge in [-0.2, -0.15) is 0 Å². The monoisotopic (exact) mass is 414 g/mol. The van der Waals surface area contributed by atoms with E-state index in [1.54, 1.807) is 12.1 Å². The van der Waals surface area contributed by atoms with Crippen molar-refractivity contribution in [1.82, 2.24) is 10.3 Å². The number of aromatic nitrogens is 1. The van der Waals surface area contributed by atoms with E-state index in [9.17, 15) is 14.0 Å². The topological polar surface area (TPSA) is 59.1 Å². The maximum absolute atomic E-state index is 14.2. The highest BCUT2D eigenvalue weighted by Gasteiger charge is 2.12. The number of amides is 1. The molecule has 3 aromatic rings. The van der Waals surface area contributed by atoms with Crippen LogP contribution < -0.4 is 5.32 Å². The summed E-state index contributed by atoms with van der Waals surface area (Å²) >= 11 is 2.84. The van der Waals surface area contributed by atoms with E-state index in [0.29, 0.717) is 24.1 Å². The van der Waals surface area contributed by atoms with Gasteiger partial charge < -0.3 is 5.32 Å². The number of hydrogen-bond acceptors (Lipinski definition) is 5. The van der Waals surface area contributed by atoms with Gasteiger partial charge in [-0.25, -0.2) is 9.37 Å². The van der Waals surface area contributed by atoms with Crippen molar-refractivity contribution in [3.8, 4) is 11.3 Å². The lowest BCUT2D eigenvalue weighted by Crippen LogP contribution is -2.22. The van der Waals surface area contributed by atoms with Crippen LogP contribution in [0.4, 0.5) is 4.39 Å². The number of nitrogens with zero attached hydrogens (tertiary/aromatic N) is 1. The normalized spacial score (nSPS) is 10.6. The minimum atomic E-state index is -0.429. The van der Waals surface area contributed by atoms with E-state index in [-0.39, 0.29) is 17.4 Å². The number of ketones is 1. The van der Waals surface area contributed by atoms with Crippen molar-refractivity contribution < 1.29 is 14.0 Å². The van der Waals surface area contributed by atoms with Crippen LogP contribution in [-0.4, -0.2) is 29.0 Å². The summed E-state index contributed by atoms with van der Waals surface area (Å²) < 4.78 is 15.0. The second-order valence-corrected chi connectivity index (χ2v) is 8.20. The molecule has 0 aliphatic rings. The summed E-state index contributed by atoms with van der Waals surface area (Å²) in [4.78, 5) is 27.8. The maximum Gasteiger partial charge on any atom is 0.216 e. The van der Waals surface area contributed by atoms with Crippen LogP contribution in [0.25, 0.3) is 11.3 Å². The molecule has 0 bridgehead atoms. The molecular formula is C21H19FN2O2S2. The van der Waals surface area contributed by atoms with E-state index in [1.807, 2.05) is 35.7 Å². The molecule has 0 aliphatic carbocycles. The number of carbonyl (C=O) groups is 2. The standard InChI is InChI=1S/C21H19FN2O2S2/c1-14(25)23-10-9-15-7-8-17(11-18(15)22)20(26)13-28-21-24-19(12-27-21)16-5-3-2-4-6-16/h2-8,11-12H,9-10,13H2,1H3,(H,23,25). The lowest BCUT2D eigenvalue weighted by atomic mass is 10.1. The number of nitrogens with one attached hydrogen (secondary N) is 1.